The van der Waals surface area contributed by atoms with E-state index >= 15 is 0 Å². The quantitative estimate of drug-likeness (QED) is 0.278. The average Bonchev–Trinajstić information content (AvgIpc) is 3.47. The van der Waals surface area contributed by atoms with Crippen molar-refractivity contribution in [2.45, 2.75) is 23.8 Å². The highest BCUT2D eigenvalue weighted by molar-refractivity contribution is 7.90. The van der Waals surface area contributed by atoms with Gasteiger partial charge in [0.15, 0.2) is 15.5 Å². The van der Waals surface area contributed by atoms with E-state index in [1.165, 1.54) is 6.26 Å². The Morgan fingerprint density at radius 2 is 1.71 bits per heavy atom. The molecule has 0 aliphatic carbocycles. The van der Waals surface area contributed by atoms with Crippen LogP contribution in [0.15, 0.2) is 53.6 Å². The van der Waals surface area contributed by atoms with Crippen LogP contribution >= 0.6 is 0 Å². The molecule has 0 bridgehead atoms. The van der Waals surface area contributed by atoms with Crippen LogP contribution < -0.4 is 20.3 Å². The third kappa shape index (κ3) is 5.98. The highest BCUT2D eigenvalue weighted by Gasteiger charge is 2.27. The van der Waals surface area contributed by atoms with E-state index in [4.69, 9.17) is 4.74 Å². The van der Waals surface area contributed by atoms with Gasteiger partial charge in [0.05, 0.1) is 35.0 Å². The lowest BCUT2D eigenvalue weighted by Crippen LogP contribution is -2.52. The summed E-state index contributed by atoms with van der Waals surface area (Å²) in [6.45, 7) is 6.63. The van der Waals surface area contributed by atoms with Crippen molar-refractivity contribution in [2.24, 2.45) is 0 Å². The number of fused-ring (bicyclic) bond motifs is 1. The van der Waals surface area contributed by atoms with Crippen molar-refractivity contribution in [3.05, 3.63) is 48.7 Å². The second-order valence-electron chi connectivity index (χ2n) is 11.0. The molecule has 2 fully saturated rings. The third-order valence-corrected chi connectivity index (χ3v) is 9.32. The van der Waals surface area contributed by atoms with Crippen molar-refractivity contribution in [3.63, 3.8) is 0 Å². The normalized spacial score (nSPS) is 17.5. The van der Waals surface area contributed by atoms with E-state index in [-0.39, 0.29) is 4.90 Å². The number of likely N-dealkylation sites (N-methyl/N-ethyl adjacent to an activating group) is 1. The average molecular weight is 592 g/mol. The number of methoxy groups -OCH3 is 1. The minimum Gasteiger partial charge on any atom is -0.494 e. The Bertz CT molecular complexity index is 1660. The first-order chi connectivity index (χ1) is 20.3. The molecule has 2 aliphatic heterocycles. The molecule has 13 heteroatoms. The Morgan fingerprint density at radius 3 is 2.45 bits per heavy atom. The Kier molecular flexibility index (Phi) is 7.88. The van der Waals surface area contributed by atoms with E-state index in [2.05, 4.69) is 64.7 Å². The number of ether oxygens (including phenoxy) is 1. The lowest BCUT2D eigenvalue weighted by Gasteiger charge is -2.42. The Balaban J connectivity index is 1.20. The zero-order valence-electron chi connectivity index (χ0n) is 24.2. The van der Waals surface area contributed by atoms with Crippen LogP contribution in [-0.2, 0) is 9.84 Å². The molecule has 0 spiro atoms. The molecule has 12 nitrogen and oxygen atoms in total. The fourth-order valence-electron chi connectivity index (χ4n) is 5.78. The van der Waals surface area contributed by atoms with E-state index < -0.39 is 9.84 Å². The summed E-state index contributed by atoms with van der Waals surface area (Å²) in [4.78, 5) is 16.9. The number of H-pyrrole nitrogens is 1. The van der Waals surface area contributed by atoms with Gasteiger partial charge in [0.2, 0.25) is 5.95 Å². The van der Waals surface area contributed by atoms with Gasteiger partial charge in [-0.2, -0.15) is 15.1 Å². The van der Waals surface area contributed by atoms with Gasteiger partial charge in [0, 0.05) is 63.3 Å². The Labute approximate surface area is 246 Å². The van der Waals surface area contributed by atoms with Gasteiger partial charge in [-0.3, -0.25) is 10.00 Å². The number of hydrogen-bond donors (Lipinski definition) is 3. The number of piperidine rings is 1. The molecule has 222 valence electrons. The summed E-state index contributed by atoms with van der Waals surface area (Å²) >= 11 is 0. The van der Waals surface area contributed by atoms with Gasteiger partial charge >= 0.3 is 0 Å². The number of para-hydroxylation sites is 1. The van der Waals surface area contributed by atoms with Crippen LogP contribution in [0, 0.1) is 0 Å². The summed E-state index contributed by atoms with van der Waals surface area (Å²) in [5.41, 5.74) is 2.77. The maximum Gasteiger partial charge on any atom is 0.231 e. The minimum atomic E-state index is -3.46. The predicted molar refractivity (Wildman–Crippen MR) is 165 cm³/mol. The van der Waals surface area contributed by atoms with Crippen LogP contribution in [-0.4, -0.2) is 104 Å². The van der Waals surface area contributed by atoms with Crippen molar-refractivity contribution >= 4 is 49.7 Å². The van der Waals surface area contributed by atoms with Crippen LogP contribution in [0.2, 0.25) is 0 Å². The molecule has 2 saturated heterocycles. The van der Waals surface area contributed by atoms with Crippen LogP contribution in [0.4, 0.5) is 28.8 Å². The molecule has 0 saturated carbocycles. The Hall–Kier alpha value is -3.94. The highest BCUT2D eigenvalue weighted by Crippen LogP contribution is 2.34. The van der Waals surface area contributed by atoms with Crippen LogP contribution in [0.1, 0.15) is 12.8 Å². The number of benzene rings is 2. The van der Waals surface area contributed by atoms with Crippen LogP contribution in [0.5, 0.6) is 5.75 Å². The smallest absolute Gasteiger partial charge is 0.231 e. The fraction of sp³-hybridized carbons (Fsp3) is 0.414. The van der Waals surface area contributed by atoms with Crippen LogP contribution in [0.25, 0.3) is 11.0 Å². The molecule has 2 aliphatic rings. The molecule has 0 amide bonds. The molecule has 0 unspecified atom stereocenters. The van der Waals surface area contributed by atoms with Gasteiger partial charge < -0.3 is 25.2 Å². The first kappa shape index (κ1) is 28.2. The summed E-state index contributed by atoms with van der Waals surface area (Å²) in [5.74, 6) is 1.41. The monoisotopic (exact) mass is 591 g/mol. The molecule has 0 atom stereocenters. The van der Waals surface area contributed by atoms with E-state index in [0.29, 0.717) is 40.3 Å². The SMILES string of the molecule is COc1cc(N2CCC(N3CCN(C)CC3)CC2)ccc1Nc1nc(Nc2ccccc2S(C)(=O)=O)c2cn[nH]c2n1. The second-order valence-corrected chi connectivity index (χ2v) is 13.0. The molecule has 42 heavy (non-hydrogen) atoms. The second kappa shape index (κ2) is 11.7. The van der Waals surface area contributed by atoms with Gasteiger partial charge in [0.1, 0.15) is 11.6 Å². The number of nitrogens with zero attached hydrogens (tertiary/aromatic N) is 6. The first-order valence-corrected chi connectivity index (χ1v) is 16.1. The number of aromatic amines is 1. The number of rotatable bonds is 8. The Morgan fingerprint density at radius 1 is 0.952 bits per heavy atom. The molecule has 0 radical (unpaired) electrons. The van der Waals surface area contributed by atoms with Gasteiger partial charge in [-0.05, 0) is 44.2 Å². The number of hydrogen-bond acceptors (Lipinski definition) is 11. The molecule has 4 aromatic rings. The molecular weight excluding hydrogens is 554 g/mol. The van der Waals surface area contributed by atoms with Gasteiger partial charge in [-0.1, -0.05) is 12.1 Å². The van der Waals surface area contributed by atoms with Crippen molar-refractivity contribution in [3.8, 4) is 5.75 Å². The molecular formula is C29H37N9O3S. The maximum absolute atomic E-state index is 12.4. The zero-order chi connectivity index (χ0) is 29.3. The highest BCUT2D eigenvalue weighted by atomic mass is 32.2. The zero-order valence-corrected chi connectivity index (χ0v) is 25.0. The first-order valence-electron chi connectivity index (χ1n) is 14.2. The lowest BCUT2D eigenvalue weighted by molar-refractivity contribution is 0.0982. The van der Waals surface area contributed by atoms with E-state index in [9.17, 15) is 8.42 Å². The summed E-state index contributed by atoms with van der Waals surface area (Å²) in [5, 5.41) is 14.1. The molecule has 3 N–H and O–H groups in total. The predicted octanol–water partition coefficient (Wildman–Crippen LogP) is 3.47. The topological polar surface area (TPSA) is 132 Å². The molecule has 2 aromatic carbocycles. The van der Waals surface area contributed by atoms with E-state index in [0.717, 1.165) is 63.5 Å². The number of anilines is 5. The third-order valence-electron chi connectivity index (χ3n) is 8.16. The summed E-state index contributed by atoms with van der Waals surface area (Å²) in [6, 6.07) is 13.5. The van der Waals surface area contributed by atoms with Gasteiger partial charge in [-0.15, -0.1) is 0 Å². The summed E-state index contributed by atoms with van der Waals surface area (Å²) < 4.78 is 30.5. The lowest BCUT2D eigenvalue weighted by atomic mass is 10.0. The van der Waals surface area contributed by atoms with Crippen molar-refractivity contribution < 1.29 is 13.2 Å². The van der Waals surface area contributed by atoms with Gasteiger partial charge in [0.25, 0.3) is 0 Å². The molecule has 2 aromatic heterocycles. The number of nitrogens with one attached hydrogen (secondary N) is 3. The summed E-state index contributed by atoms with van der Waals surface area (Å²) in [6.07, 6.45) is 5.09. The van der Waals surface area contributed by atoms with Crippen LogP contribution in [0.3, 0.4) is 0 Å². The minimum absolute atomic E-state index is 0.180. The standard InChI is InChI=1S/C29H37N9O3S/c1-36-14-16-38(17-15-36)20-10-12-37(13-11-20)21-8-9-23(25(18-21)41-2)32-29-33-27(22-19-30-35-28(22)34-29)31-24-6-4-5-7-26(24)42(3,39)40/h4-9,18-20H,10-17H2,1-3H3,(H3,30,31,32,33,34,35). The molecule has 4 heterocycles. The van der Waals surface area contributed by atoms with E-state index in [1.54, 1.807) is 37.6 Å². The van der Waals surface area contributed by atoms with Gasteiger partial charge in [-0.25, -0.2) is 8.42 Å². The summed E-state index contributed by atoms with van der Waals surface area (Å²) in [7, 11) is 0.395. The number of piperazine rings is 1. The maximum atomic E-state index is 12.4. The molecule has 6 rings (SSSR count). The van der Waals surface area contributed by atoms with E-state index in [1.807, 2.05) is 6.07 Å². The van der Waals surface area contributed by atoms with Crippen molar-refractivity contribution in [2.75, 3.05) is 75.2 Å². The van der Waals surface area contributed by atoms with Crippen molar-refractivity contribution in [1.29, 1.82) is 0 Å². The number of sulfone groups is 1. The largest absolute Gasteiger partial charge is 0.494 e. The number of aromatic nitrogens is 4. The fourth-order valence-corrected chi connectivity index (χ4v) is 6.63. The van der Waals surface area contributed by atoms with Crippen molar-refractivity contribution in [1.82, 2.24) is 30.0 Å².